The molecular weight excluding hydrogens is 232 g/mol. The van der Waals surface area contributed by atoms with Crippen molar-refractivity contribution >= 4 is 0 Å². The normalized spacial score (nSPS) is 36.5. The van der Waals surface area contributed by atoms with Crippen molar-refractivity contribution in [2.24, 2.45) is 11.8 Å². The molecule has 18 heavy (non-hydrogen) atoms. The number of alkyl halides is 2. The maximum absolute atomic E-state index is 13.4. The van der Waals surface area contributed by atoms with Crippen LogP contribution < -0.4 is 5.32 Å². The van der Waals surface area contributed by atoms with E-state index in [0.29, 0.717) is 12.0 Å². The van der Waals surface area contributed by atoms with Crippen molar-refractivity contribution in [2.45, 2.75) is 76.7 Å². The van der Waals surface area contributed by atoms with Crippen LogP contribution in [0.15, 0.2) is 0 Å². The molecule has 2 saturated carbocycles. The molecule has 0 bridgehead atoms. The lowest BCUT2D eigenvalue weighted by atomic mass is 9.74. The molecule has 2 aliphatic rings. The van der Waals surface area contributed by atoms with Gasteiger partial charge in [0.1, 0.15) is 0 Å². The number of hydrogen-bond donors (Lipinski definition) is 1. The molecule has 3 unspecified atom stereocenters. The molecule has 2 fully saturated rings. The molecular formula is C15H27F2N. The van der Waals surface area contributed by atoms with Crippen molar-refractivity contribution in [2.75, 3.05) is 6.54 Å². The van der Waals surface area contributed by atoms with Crippen LogP contribution >= 0.6 is 0 Å². The van der Waals surface area contributed by atoms with E-state index < -0.39 is 5.92 Å². The minimum absolute atomic E-state index is 0.116. The standard InChI is InChI=1S/C15H27F2N/c1-2-18-14-8-4-3-7-13(14)10-12-6-5-9-15(16,17)11-12/h12-14,18H,2-11H2,1H3. The average Bonchev–Trinajstić information content (AvgIpc) is 2.31. The van der Waals surface area contributed by atoms with Gasteiger partial charge in [0, 0.05) is 18.9 Å². The fraction of sp³-hybridized carbons (Fsp3) is 1.00. The summed E-state index contributed by atoms with van der Waals surface area (Å²) in [6, 6.07) is 0.583. The summed E-state index contributed by atoms with van der Waals surface area (Å²) in [4.78, 5) is 0. The van der Waals surface area contributed by atoms with Crippen molar-refractivity contribution in [1.29, 1.82) is 0 Å². The number of hydrogen-bond acceptors (Lipinski definition) is 1. The van der Waals surface area contributed by atoms with E-state index in [1.54, 1.807) is 0 Å². The molecule has 0 amide bonds. The Morgan fingerprint density at radius 2 is 1.89 bits per heavy atom. The monoisotopic (exact) mass is 259 g/mol. The minimum Gasteiger partial charge on any atom is -0.314 e. The van der Waals surface area contributed by atoms with Gasteiger partial charge < -0.3 is 5.32 Å². The van der Waals surface area contributed by atoms with Crippen LogP contribution in [-0.2, 0) is 0 Å². The van der Waals surface area contributed by atoms with Gasteiger partial charge in [-0.05, 0) is 44.1 Å². The fourth-order valence-electron chi connectivity index (χ4n) is 3.93. The molecule has 2 aliphatic carbocycles. The topological polar surface area (TPSA) is 12.0 Å². The summed E-state index contributed by atoms with van der Waals surface area (Å²) in [6.45, 7) is 3.14. The summed E-state index contributed by atoms with van der Waals surface area (Å²) in [5, 5.41) is 3.56. The SMILES string of the molecule is CCNC1CCCCC1CC1CCCC(F)(F)C1. The maximum atomic E-state index is 13.4. The van der Waals surface area contributed by atoms with Gasteiger partial charge >= 0.3 is 0 Å². The van der Waals surface area contributed by atoms with Gasteiger partial charge in [0.2, 0.25) is 5.92 Å². The average molecular weight is 259 g/mol. The van der Waals surface area contributed by atoms with Gasteiger partial charge in [-0.15, -0.1) is 0 Å². The Morgan fingerprint density at radius 3 is 2.61 bits per heavy atom. The summed E-state index contributed by atoms with van der Waals surface area (Å²) < 4.78 is 26.9. The van der Waals surface area contributed by atoms with Gasteiger partial charge in [-0.3, -0.25) is 0 Å². The predicted octanol–water partition coefficient (Wildman–Crippen LogP) is 4.37. The minimum atomic E-state index is -2.38. The highest BCUT2D eigenvalue weighted by Crippen LogP contribution is 2.41. The highest BCUT2D eigenvalue weighted by molar-refractivity contribution is 4.86. The molecule has 3 atom stereocenters. The first-order chi connectivity index (χ1) is 8.61. The largest absolute Gasteiger partial charge is 0.314 e. The molecule has 1 nitrogen and oxygen atoms in total. The number of rotatable bonds is 4. The van der Waals surface area contributed by atoms with E-state index in [0.717, 1.165) is 25.8 Å². The second kappa shape index (κ2) is 6.31. The highest BCUT2D eigenvalue weighted by atomic mass is 19.3. The third-order valence-corrected chi connectivity index (χ3v) is 4.75. The third kappa shape index (κ3) is 3.91. The smallest absolute Gasteiger partial charge is 0.248 e. The van der Waals surface area contributed by atoms with Crippen molar-refractivity contribution < 1.29 is 8.78 Å². The van der Waals surface area contributed by atoms with Crippen LogP contribution in [0.2, 0.25) is 0 Å². The lowest BCUT2D eigenvalue weighted by Gasteiger charge is -2.37. The molecule has 0 saturated heterocycles. The molecule has 1 N–H and O–H groups in total. The number of nitrogens with one attached hydrogen (secondary N) is 1. The van der Waals surface area contributed by atoms with E-state index in [1.165, 1.54) is 25.7 Å². The summed E-state index contributed by atoms with van der Waals surface area (Å²) in [6.07, 6.45) is 8.08. The second-order valence-corrected chi connectivity index (χ2v) is 6.26. The molecule has 0 spiro atoms. The van der Waals surface area contributed by atoms with E-state index >= 15 is 0 Å². The lowest BCUT2D eigenvalue weighted by Crippen LogP contribution is -2.40. The predicted molar refractivity (Wildman–Crippen MR) is 70.9 cm³/mol. The van der Waals surface area contributed by atoms with Gasteiger partial charge in [0.25, 0.3) is 0 Å². The van der Waals surface area contributed by atoms with E-state index in [9.17, 15) is 8.78 Å². The Bertz CT molecular complexity index is 253. The fourth-order valence-corrected chi connectivity index (χ4v) is 3.93. The highest BCUT2D eigenvalue weighted by Gasteiger charge is 2.38. The van der Waals surface area contributed by atoms with Crippen molar-refractivity contribution in [3.05, 3.63) is 0 Å². The zero-order valence-electron chi connectivity index (χ0n) is 11.6. The first-order valence-electron chi connectivity index (χ1n) is 7.72. The zero-order chi connectivity index (χ0) is 13.0. The molecule has 2 rings (SSSR count). The van der Waals surface area contributed by atoms with Crippen LogP contribution in [0.4, 0.5) is 8.78 Å². The van der Waals surface area contributed by atoms with Gasteiger partial charge in [0.15, 0.2) is 0 Å². The second-order valence-electron chi connectivity index (χ2n) is 6.26. The van der Waals surface area contributed by atoms with Crippen LogP contribution in [0.25, 0.3) is 0 Å². The van der Waals surface area contributed by atoms with E-state index in [1.807, 2.05) is 0 Å². The Balaban J connectivity index is 1.86. The van der Waals surface area contributed by atoms with Crippen molar-refractivity contribution in [1.82, 2.24) is 5.32 Å². The maximum Gasteiger partial charge on any atom is 0.248 e. The Morgan fingerprint density at radius 1 is 1.11 bits per heavy atom. The van der Waals surface area contributed by atoms with E-state index in [-0.39, 0.29) is 18.8 Å². The first kappa shape index (κ1) is 14.2. The third-order valence-electron chi connectivity index (χ3n) is 4.75. The Labute approximate surface area is 110 Å². The molecule has 0 aromatic carbocycles. The molecule has 0 aliphatic heterocycles. The van der Waals surface area contributed by atoms with E-state index in [4.69, 9.17) is 0 Å². The lowest BCUT2D eigenvalue weighted by molar-refractivity contribution is -0.0570. The van der Waals surface area contributed by atoms with Crippen molar-refractivity contribution in [3.8, 4) is 0 Å². The molecule has 0 aromatic heterocycles. The van der Waals surface area contributed by atoms with Gasteiger partial charge in [-0.2, -0.15) is 0 Å². The molecule has 106 valence electrons. The summed E-state index contributed by atoms with van der Waals surface area (Å²) >= 11 is 0. The molecule has 0 radical (unpaired) electrons. The van der Waals surface area contributed by atoms with Crippen LogP contribution in [0, 0.1) is 11.8 Å². The first-order valence-corrected chi connectivity index (χ1v) is 7.72. The van der Waals surface area contributed by atoms with Crippen LogP contribution in [0.3, 0.4) is 0 Å². The summed E-state index contributed by atoms with van der Waals surface area (Å²) in [5.74, 6) is -1.48. The molecule has 0 heterocycles. The van der Waals surface area contributed by atoms with Crippen molar-refractivity contribution in [3.63, 3.8) is 0 Å². The Kier molecular flexibility index (Phi) is 4.99. The zero-order valence-corrected chi connectivity index (χ0v) is 11.6. The van der Waals surface area contributed by atoms with Crippen LogP contribution in [-0.4, -0.2) is 18.5 Å². The van der Waals surface area contributed by atoms with Crippen LogP contribution in [0.5, 0.6) is 0 Å². The molecule has 0 aromatic rings. The molecule has 3 heteroatoms. The number of halogens is 2. The van der Waals surface area contributed by atoms with Gasteiger partial charge in [0.05, 0.1) is 0 Å². The summed E-state index contributed by atoms with van der Waals surface area (Å²) in [5.41, 5.74) is 0. The van der Waals surface area contributed by atoms with Gasteiger partial charge in [-0.1, -0.05) is 26.2 Å². The van der Waals surface area contributed by atoms with Crippen LogP contribution in [0.1, 0.15) is 64.7 Å². The quantitative estimate of drug-likeness (QED) is 0.790. The Hall–Kier alpha value is -0.180. The van der Waals surface area contributed by atoms with Gasteiger partial charge in [-0.25, -0.2) is 8.78 Å². The summed E-state index contributed by atoms with van der Waals surface area (Å²) in [7, 11) is 0. The van der Waals surface area contributed by atoms with E-state index in [2.05, 4.69) is 12.2 Å².